The maximum Gasteiger partial charge on any atom is 0.0534 e. The Labute approximate surface area is 119 Å². The lowest BCUT2D eigenvalue weighted by atomic mass is 10.2. The molecule has 0 aliphatic carbocycles. The number of aryl methyl sites for hydroxylation is 1. The predicted octanol–water partition coefficient (Wildman–Crippen LogP) is 3.16. The summed E-state index contributed by atoms with van der Waals surface area (Å²) in [6.45, 7) is 5.19. The van der Waals surface area contributed by atoms with Crippen LogP contribution in [0.4, 0.5) is 0 Å². The van der Waals surface area contributed by atoms with E-state index in [1.807, 2.05) is 29.7 Å². The van der Waals surface area contributed by atoms with Crippen LogP contribution in [0.3, 0.4) is 0 Å². The molecule has 0 saturated heterocycles. The maximum absolute atomic E-state index is 4.23. The van der Waals surface area contributed by atoms with Gasteiger partial charge in [0.25, 0.3) is 0 Å². The first kappa shape index (κ1) is 14.2. The number of nitrogens with zero attached hydrogens (tertiary/aromatic N) is 3. The highest BCUT2D eigenvalue weighted by Crippen LogP contribution is 2.21. The third-order valence-electron chi connectivity index (χ3n) is 3.20. The average molecular weight is 275 g/mol. The molecule has 0 aliphatic rings. The van der Waals surface area contributed by atoms with Gasteiger partial charge in [-0.1, -0.05) is 25.1 Å². The summed E-state index contributed by atoms with van der Waals surface area (Å²) >= 11 is 1.82. The Balaban J connectivity index is 2.06. The first-order valence-electron chi connectivity index (χ1n) is 6.54. The van der Waals surface area contributed by atoms with Gasteiger partial charge in [0.15, 0.2) is 0 Å². The minimum Gasteiger partial charge on any atom is -0.295 e. The summed E-state index contributed by atoms with van der Waals surface area (Å²) in [4.78, 5) is 3.80. The van der Waals surface area contributed by atoms with Crippen LogP contribution in [0.25, 0.3) is 0 Å². The van der Waals surface area contributed by atoms with Crippen LogP contribution < -0.4 is 0 Å². The third kappa shape index (κ3) is 3.85. The molecule has 4 heteroatoms. The quantitative estimate of drug-likeness (QED) is 0.756. The van der Waals surface area contributed by atoms with Crippen LogP contribution in [0.2, 0.25) is 0 Å². The minimum absolute atomic E-state index is 0.951. The third-order valence-corrected chi connectivity index (χ3v) is 4.04. The standard InChI is InChI=1S/C15H21N3S/c1-4-18(11-13-9-16-17(2)10-13)12-14-7-5-6-8-15(14)19-3/h5-10H,4,11-12H2,1-3H3. The van der Waals surface area contributed by atoms with Gasteiger partial charge in [-0.3, -0.25) is 9.58 Å². The molecule has 0 fully saturated rings. The van der Waals surface area contributed by atoms with Gasteiger partial charge in [0.1, 0.15) is 0 Å². The molecule has 2 aromatic rings. The molecule has 0 unspecified atom stereocenters. The van der Waals surface area contributed by atoms with Gasteiger partial charge in [-0.2, -0.15) is 5.10 Å². The normalized spacial score (nSPS) is 11.2. The number of thioether (sulfide) groups is 1. The molecule has 1 aromatic carbocycles. The van der Waals surface area contributed by atoms with Gasteiger partial charge in [0.05, 0.1) is 6.20 Å². The molecular weight excluding hydrogens is 254 g/mol. The van der Waals surface area contributed by atoms with E-state index in [1.54, 1.807) is 0 Å². The van der Waals surface area contributed by atoms with Crippen LogP contribution in [0.1, 0.15) is 18.1 Å². The summed E-state index contributed by atoms with van der Waals surface area (Å²) in [6.07, 6.45) is 6.17. The van der Waals surface area contributed by atoms with Gasteiger partial charge < -0.3 is 0 Å². The van der Waals surface area contributed by atoms with Crippen molar-refractivity contribution < 1.29 is 0 Å². The average Bonchev–Trinajstić information content (AvgIpc) is 2.84. The number of aromatic nitrogens is 2. The zero-order valence-electron chi connectivity index (χ0n) is 11.8. The molecule has 1 heterocycles. The second kappa shape index (κ2) is 6.78. The van der Waals surface area contributed by atoms with Crippen LogP contribution in [-0.2, 0) is 20.1 Å². The molecular formula is C15H21N3S. The summed E-state index contributed by atoms with van der Waals surface area (Å²) < 4.78 is 1.86. The van der Waals surface area contributed by atoms with Crippen molar-refractivity contribution in [1.82, 2.24) is 14.7 Å². The van der Waals surface area contributed by atoms with Crippen LogP contribution in [0.5, 0.6) is 0 Å². The Hall–Kier alpha value is -1.26. The van der Waals surface area contributed by atoms with Gasteiger partial charge >= 0.3 is 0 Å². The van der Waals surface area contributed by atoms with E-state index in [-0.39, 0.29) is 0 Å². The molecule has 0 amide bonds. The molecule has 0 spiro atoms. The lowest BCUT2D eigenvalue weighted by Crippen LogP contribution is -2.22. The second-order valence-electron chi connectivity index (χ2n) is 4.64. The Bertz CT molecular complexity index is 522. The zero-order chi connectivity index (χ0) is 13.7. The van der Waals surface area contributed by atoms with E-state index in [4.69, 9.17) is 0 Å². The van der Waals surface area contributed by atoms with E-state index < -0.39 is 0 Å². The van der Waals surface area contributed by atoms with Crippen molar-refractivity contribution in [3.63, 3.8) is 0 Å². The first-order chi connectivity index (χ1) is 9.22. The van der Waals surface area contributed by atoms with E-state index in [1.165, 1.54) is 16.0 Å². The number of hydrogen-bond acceptors (Lipinski definition) is 3. The van der Waals surface area contributed by atoms with Crippen molar-refractivity contribution in [1.29, 1.82) is 0 Å². The largest absolute Gasteiger partial charge is 0.295 e. The van der Waals surface area contributed by atoms with Crippen LogP contribution in [0.15, 0.2) is 41.6 Å². The fraction of sp³-hybridized carbons (Fsp3) is 0.400. The number of benzene rings is 1. The summed E-state index contributed by atoms with van der Waals surface area (Å²) in [5, 5.41) is 4.23. The first-order valence-corrected chi connectivity index (χ1v) is 7.77. The Kier molecular flexibility index (Phi) is 5.05. The lowest BCUT2D eigenvalue weighted by Gasteiger charge is -2.21. The van der Waals surface area contributed by atoms with Crippen molar-refractivity contribution in [3.05, 3.63) is 47.8 Å². The van der Waals surface area contributed by atoms with Crippen molar-refractivity contribution in [2.24, 2.45) is 7.05 Å². The highest BCUT2D eigenvalue weighted by Gasteiger charge is 2.08. The van der Waals surface area contributed by atoms with Crippen LogP contribution in [-0.4, -0.2) is 27.5 Å². The maximum atomic E-state index is 4.23. The fourth-order valence-electron chi connectivity index (χ4n) is 2.17. The summed E-state index contributed by atoms with van der Waals surface area (Å²) in [5.41, 5.74) is 2.67. The van der Waals surface area contributed by atoms with Gasteiger partial charge in [-0.05, 0) is 24.4 Å². The molecule has 0 bridgehead atoms. The van der Waals surface area contributed by atoms with Gasteiger partial charge in [0, 0.05) is 36.8 Å². The predicted molar refractivity (Wildman–Crippen MR) is 81.2 cm³/mol. The molecule has 0 N–H and O–H groups in total. The molecule has 2 rings (SSSR count). The highest BCUT2D eigenvalue weighted by molar-refractivity contribution is 7.98. The number of rotatable bonds is 6. The molecule has 0 aliphatic heterocycles. The van der Waals surface area contributed by atoms with Crippen molar-refractivity contribution >= 4 is 11.8 Å². The molecule has 19 heavy (non-hydrogen) atoms. The van der Waals surface area contributed by atoms with Gasteiger partial charge in [0.2, 0.25) is 0 Å². The monoisotopic (exact) mass is 275 g/mol. The molecule has 0 radical (unpaired) electrons. The molecule has 0 atom stereocenters. The lowest BCUT2D eigenvalue weighted by molar-refractivity contribution is 0.269. The second-order valence-corrected chi connectivity index (χ2v) is 5.49. The van der Waals surface area contributed by atoms with Gasteiger partial charge in [-0.15, -0.1) is 11.8 Å². The van der Waals surface area contributed by atoms with Crippen LogP contribution >= 0.6 is 11.8 Å². The topological polar surface area (TPSA) is 21.1 Å². The fourth-order valence-corrected chi connectivity index (χ4v) is 2.78. The number of hydrogen-bond donors (Lipinski definition) is 0. The molecule has 3 nitrogen and oxygen atoms in total. The van der Waals surface area contributed by atoms with E-state index >= 15 is 0 Å². The zero-order valence-corrected chi connectivity index (χ0v) is 12.7. The van der Waals surface area contributed by atoms with Gasteiger partial charge in [-0.25, -0.2) is 0 Å². The molecule has 1 aromatic heterocycles. The van der Waals surface area contributed by atoms with E-state index in [0.717, 1.165) is 19.6 Å². The molecule has 102 valence electrons. The van der Waals surface area contributed by atoms with Crippen LogP contribution in [0, 0.1) is 0 Å². The SMILES string of the molecule is CCN(Cc1cnn(C)c1)Cc1ccccc1SC. The van der Waals surface area contributed by atoms with E-state index in [0.29, 0.717) is 0 Å². The molecule has 0 saturated carbocycles. The summed E-state index contributed by atoms with van der Waals surface area (Å²) in [6, 6.07) is 8.63. The Morgan fingerprint density at radius 3 is 2.68 bits per heavy atom. The summed E-state index contributed by atoms with van der Waals surface area (Å²) in [5.74, 6) is 0. The van der Waals surface area contributed by atoms with E-state index in [9.17, 15) is 0 Å². The van der Waals surface area contributed by atoms with Crippen molar-refractivity contribution in [2.45, 2.75) is 24.9 Å². The smallest absolute Gasteiger partial charge is 0.0534 e. The summed E-state index contributed by atoms with van der Waals surface area (Å²) in [7, 11) is 1.96. The van der Waals surface area contributed by atoms with E-state index in [2.05, 4.69) is 53.6 Å². The Morgan fingerprint density at radius 2 is 2.05 bits per heavy atom. The highest BCUT2D eigenvalue weighted by atomic mass is 32.2. The van der Waals surface area contributed by atoms with Crippen molar-refractivity contribution in [3.8, 4) is 0 Å². The minimum atomic E-state index is 0.951. The van der Waals surface area contributed by atoms with Crippen molar-refractivity contribution in [2.75, 3.05) is 12.8 Å². The Morgan fingerprint density at radius 1 is 1.26 bits per heavy atom.